The molecule has 0 saturated carbocycles. The van der Waals surface area contributed by atoms with E-state index in [0.29, 0.717) is 0 Å². The van der Waals surface area contributed by atoms with Crippen molar-refractivity contribution in [3.63, 3.8) is 0 Å². The van der Waals surface area contributed by atoms with E-state index in [1.165, 1.54) is 6.92 Å². The third-order valence-corrected chi connectivity index (χ3v) is 0.929. The Kier molecular flexibility index (Phi) is 4.02. The smallest absolute Gasteiger partial charge is 0.464 e. The predicted molar refractivity (Wildman–Crippen MR) is 33.2 cm³/mol. The minimum atomic E-state index is -4.80. The number of carbonyl (C=O) groups is 1. The molecule has 0 amide bonds. The molecular weight excluding hydrogens is 177 g/mol. The van der Waals surface area contributed by atoms with E-state index >= 15 is 0 Å². The zero-order valence-electron chi connectivity index (χ0n) is 6.64. The molecule has 1 unspecified atom stereocenters. The van der Waals surface area contributed by atoms with Crippen LogP contribution in [0.2, 0.25) is 0 Å². The van der Waals surface area contributed by atoms with Crippen molar-refractivity contribution < 1.29 is 27.4 Å². The first kappa shape index (κ1) is 11.2. The Balaban J connectivity index is 3.87. The Morgan fingerprint density at radius 3 is 2.33 bits per heavy atom. The van der Waals surface area contributed by atoms with Gasteiger partial charge in [0.15, 0.2) is 6.10 Å². The number of alkyl halides is 3. The molecule has 0 saturated heterocycles. The van der Waals surface area contributed by atoms with Gasteiger partial charge >= 0.3 is 12.3 Å². The molecule has 0 aromatic carbocycles. The zero-order valence-corrected chi connectivity index (χ0v) is 6.64. The van der Waals surface area contributed by atoms with E-state index in [9.17, 15) is 18.0 Å². The molecule has 0 aliphatic carbocycles. The molecule has 1 atom stereocenters. The summed E-state index contributed by atoms with van der Waals surface area (Å²) in [6.07, 6.45) is -6.41. The molecule has 0 aliphatic rings. The molecule has 0 rings (SSSR count). The number of rotatable bonds is 3. The maximum Gasteiger partial charge on any atom is 0.523 e. The van der Waals surface area contributed by atoms with Crippen LogP contribution in [0.25, 0.3) is 0 Å². The van der Waals surface area contributed by atoms with Crippen LogP contribution in [0.1, 0.15) is 13.8 Å². The second-order valence-electron chi connectivity index (χ2n) is 1.96. The van der Waals surface area contributed by atoms with Gasteiger partial charge in [0, 0.05) is 0 Å². The molecule has 0 bridgehead atoms. The number of hydrogen-bond acceptors (Lipinski definition) is 3. The van der Waals surface area contributed by atoms with E-state index in [0.717, 1.165) is 6.92 Å². The van der Waals surface area contributed by atoms with Crippen molar-refractivity contribution in [2.24, 2.45) is 0 Å². The van der Waals surface area contributed by atoms with Gasteiger partial charge in [-0.2, -0.15) is 0 Å². The molecule has 0 radical (unpaired) electrons. The van der Waals surface area contributed by atoms with E-state index in [1.807, 2.05) is 0 Å². The highest BCUT2D eigenvalue weighted by Gasteiger charge is 2.34. The lowest BCUT2D eigenvalue weighted by Crippen LogP contribution is -2.29. The van der Waals surface area contributed by atoms with Crippen LogP contribution in [0.4, 0.5) is 13.2 Å². The monoisotopic (exact) mass is 186 g/mol. The summed E-state index contributed by atoms with van der Waals surface area (Å²) in [4.78, 5) is 10.6. The summed E-state index contributed by atoms with van der Waals surface area (Å²) in [6, 6.07) is 0. The molecule has 0 heterocycles. The Morgan fingerprint density at radius 1 is 1.50 bits per heavy atom. The zero-order chi connectivity index (χ0) is 9.78. The van der Waals surface area contributed by atoms with Gasteiger partial charge < -0.3 is 4.74 Å². The topological polar surface area (TPSA) is 35.5 Å². The summed E-state index contributed by atoms with van der Waals surface area (Å²) >= 11 is 0. The van der Waals surface area contributed by atoms with Crippen LogP contribution in [0.3, 0.4) is 0 Å². The fourth-order valence-corrected chi connectivity index (χ4v) is 0.508. The normalized spacial score (nSPS) is 14.1. The van der Waals surface area contributed by atoms with E-state index in [1.54, 1.807) is 0 Å². The Bertz CT molecular complexity index is 155. The first-order chi connectivity index (χ1) is 5.37. The van der Waals surface area contributed by atoms with Crippen molar-refractivity contribution in [2.75, 3.05) is 6.61 Å². The van der Waals surface area contributed by atoms with Crippen LogP contribution in [-0.4, -0.2) is 25.0 Å². The first-order valence-electron chi connectivity index (χ1n) is 3.28. The summed E-state index contributed by atoms with van der Waals surface area (Å²) in [6.45, 7) is 2.51. The van der Waals surface area contributed by atoms with Crippen LogP contribution in [0, 0.1) is 0 Å². The second kappa shape index (κ2) is 4.30. The number of esters is 1. The molecule has 0 aromatic heterocycles. The molecule has 0 N–H and O–H groups in total. The average molecular weight is 186 g/mol. The highest BCUT2D eigenvalue weighted by atomic mass is 19.4. The first-order valence-corrected chi connectivity index (χ1v) is 3.28. The van der Waals surface area contributed by atoms with Crippen molar-refractivity contribution >= 4 is 5.97 Å². The standard InChI is InChI=1S/C6H9F3O3/c1-3-11-5(10)4(2)12-6(7,8)9/h4H,3H2,1-2H3. The number of carbonyl (C=O) groups excluding carboxylic acids is 1. The predicted octanol–water partition coefficient (Wildman–Crippen LogP) is 1.47. The summed E-state index contributed by atoms with van der Waals surface area (Å²) in [5.74, 6) is -1.02. The van der Waals surface area contributed by atoms with Crippen molar-refractivity contribution in [3.05, 3.63) is 0 Å². The Labute approximate surface area is 67.4 Å². The third-order valence-electron chi connectivity index (χ3n) is 0.929. The van der Waals surface area contributed by atoms with Crippen LogP contribution in [0.5, 0.6) is 0 Å². The summed E-state index contributed by atoms with van der Waals surface area (Å²) in [5, 5.41) is 0. The number of hydrogen-bond donors (Lipinski definition) is 0. The van der Waals surface area contributed by atoms with Gasteiger partial charge in [-0.25, -0.2) is 4.79 Å². The van der Waals surface area contributed by atoms with Crippen molar-refractivity contribution in [1.82, 2.24) is 0 Å². The molecule has 72 valence electrons. The highest BCUT2D eigenvalue weighted by Crippen LogP contribution is 2.18. The second-order valence-corrected chi connectivity index (χ2v) is 1.96. The van der Waals surface area contributed by atoms with E-state index in [4.69, 9.17) is 0 Å². The lowest BCUT2D eigenvalue weighted by atomic mass is 10.4. The highest BCUT2D eigenvalue weighted by molar-refractivity contribution is 5.74. The van der Waals surface area contributed by atoms with Crippen molar-refractivity contribution in [1.29, 1.82) is 0 Å². The molecule has 3 nitrogen and oxygen atoms in total. The van der Waals surface area contributed by atoms with Gasteiger partial charge in [-0.3, -0.25) is 4.74 Å². The Hall–Kier alpha value is -0.780. The van der Waals surface area contributed by atoms with Gasteiger partial charge in [-0.15, -0.1) is 13.2 Å². The lowest BCUT2D eigenvalue weighted by Gasteiger charge is -2.13. The van der Waals surface area contributed by atoms with Crippen LogP contribution < -0.4 is 0 Å². The molecule has 0 aliphatic heterocycles. The van der Waals surface area contributed by atoms with E-state index in [-0.39, 0.29) is 6.61 Å². The molecule has 0 spiro atoms. The summed E-state index contributed by atoms with van der Waals surface area (Å²) in [5.41, 5.74) is 0. The van der Waals surface area contributed by atoms with Crippen LogP contribution >= 0.6 is 0 Å². The lowest BCUT2D eigenvalue weighted by molar-refractivity contribution is -0.337. The quantitative estimate of drug-likeness (QED) is 0.626. The maximum atomic E-state index is 11.5. The van der Waals surface area contributed by atoms with Crippen molar-refractivity contribution in [2.45, 2.75) is 26.3 Å². The minimum absolute atomic E-state index is 0.0321. The minimum Gasteiger partial charge on any atom is -0.464 e. The maximum absolute atomic E-state index is 11.5. The number of halogens is 3. The molecule has 0 aromatic rings. The van der Waals surface area contributed by atoms with Gasteiger partial charge in [0.05, 0.1) is 6.61 Å². The van der Waals surface area contributed by atoms with Crippen LogP contribution in [-0.2, 0) is 14.3 Å². The van der Waals surface area contributed by atoms with Gasteiger partial charge in [-0.1, -0.05) is 0 Å². The molecule has 0 fully saturated rings. The average Bonchev–Trinajstić information content (AvgIpc) is 1.84. The van der Waals surface area contributed by atoms with Crippen molar-refractivity contribution in [3.8, 4) is 0 Å². The molecule has 12 heavy (non-hydrogen) atoms. The third kappa shape index (κ3) is 4.95. The summed E-state index contributed by atoms with van der Waals surface area (Å²) < 4.78 is 42.1. The summed E-state index contributed by atoms with van der Waals surface area (Å²) in [7, 11) is 0. The largest absolute Gasteiger partial charge is 0.523 e. The Morgan fingerprint density at radius 2 is 2.00 bits per heavy atom. The van der Waals surface area contributed by atoms with Gasteiger partial charge in [-0.05, 0) is 13.8 Å². The van der Waals surface area contributed by atoms with E-state index in [2.05, 4.69) is 9.47 Å². The number of ether oxygens (including phenoxy) is 2. The van der Waals surface area contributed by atoms with Gasteiger partial charge in [0.2, 0.25) is 0 Å². The molecule has 6 heteroatoms. The van der Waals surface area contributed by atoms with Gasteiger partial charge in [0.25, 0.3) is 0 Å². The van der Waals surface area contributed by atoms with Crippen LogP contribution in [0.15, 0.2) is 0 Å². The van der Waals surface area contributed by atoms with E-state index < -0.39 is 18.4 Å². The fourth-order valence-electron chi connectivity index (χ4n) is 0.508. The SMILES string of the molecule is CCOC(=O)C(C)OC(F)(F)F. The van der Waals surface area contributed by atoms with Gasteiger partial charge in [0.1, 0.15) is 0 Å². The molecular formula is C6H9F3O3. The fraction of sp³-hybridized carbons (Fsp3) is 0.833.